The van der Waals surface area contributed by atoms with Crippen molar-refractivity contribution in [1.82, 2.24) is 4.90 Å². The van der Waals surface area contributed by atoms with Crippen molar-refractivity contribution in [3.05, 3.63) is 41.5 Å². The second-order valence-electron chi connectivity index (χ2n) is 6.80. The molecule has 0 radical (unpaired) electrons. The van der Waals surface area contributed by atoms with E-state index in [9.17, 15) is 13.2 Å². The van der Waals surface area contributed by atoms with Crippen LogP contribution in [0.5, 0.6) is 17.2 Å². The predicted molar refractivity (Wildman–Crippen MR) is 118 cm³/mol. The molecule has 0 aromatic heterocycles. The van der Waals surface area contributed by atoms with Gasteiger partial charge in [-0.2, -0.15) is 8.42 Å². The number of ether oxygens (including phenoxy) is 4. The molecule has 0 atom stereocenters. The number of hydrogen-bond acceptors (Lipinski definition) is 8. The summed E-state index contributed by atoms with van der Waals surface area (Å²) in [6.07, 6.45) is 0. The van der Waals surface area contributed by atoms with E-state index in [1.165, 1.54) is 33.5 Å². The molecule has 11 heteroatoms. The normalized spacial score (nSPS) is 13.6. The molecule has 0 unspecified atom stereocenters. The highest BCUT2D eigenvalue weighted by molar-refractivity contribution is 7.85. The Morgan fingerprint density at radius 2 is 1.59 bits per heavy atom. The van der Waals surface area contributed by atoms with Gasteiger partial charge in [-0.15, -0.1) is 0 Å². The number of anilines is 1. The van der Waals surface area contributed by atoms with Crippen molar-refractivity contribution in [2.24, 2.45) is 0 Å². The third-order valence-corrected chi connectivity index (χ3v) is 5.58. The molecule has 1 aliphatic rings. The molecule has 1 heterocycles. The van der Waals surface area contributed by atoms with Gasteiger partial charge in [-0.3, -0.25) is 9.35 Å². The molecule has 2 aromatic rings. The summed E-state index contributed by atoms with van der Waals surface area (Å²) in [6, 6.07) is 7.57. The summed E-state index contributed by atoms with van der Waals surface area (Å²) in [5.41, 5.74) is 7.60. The number of benzene rings is 2. The van der Waals surface area contributed by atoms with Gasteiger partial charge in [0.25, 0.3) is 16.0 Å². The minimum Gasteiger partial charge on any atom is -0.493 e. The van der Waals surface area contributed by atoms with Crippen LogP contribution in [0.3, 0.4) is 0 Å². The molecule has 0 saturated carbocycles. The molecule has 176 valence electrons. The highest BCUT2D eigenvalue weighted by Crippen LogP contribution is 2.44. The number of carbonyl (C=O) groups is 1. The van der Waals surface area contributed by atoms with Gasteiger partial charge in [0, 0.05) is 13.1 Å². The third kappa shape index (κ3) is 6.02. The molecular formula is C21H28N2O8S. The fourth-order valence-electron chi connectivity index (χ4n) is 3.00. The van der Waals surface area contributed by atoms with E-state index in [1.54, 1.807) is 23.1 Å². The molecular weight excluding hydrogens is 440 g/mol. The molecule has 1 aliphatic heterocycles. The first-order valence-corrected chi connectivity index (χ1v) is 11.1. The fourth-order valence-corrected chi connectivity index (χ4v) is 3.48. The van der Waals surface area contributed by atoms with Crippen molar-refractivity contribution in [2.45, 2.75) is 11.8 Å². The number of nitrogens with zero attached hydrogens (tertiary/aromatic N) is 1. The van der Waals surface area contributed by atoms with E-state index in [4.69, 9.17) is 29.2 Å². The van der Waals surface area contributed by atoms with Gasteiger partial charge in [0.05, 0.1) is 50.7 Å². The van der Waals surface area contributed by atoms with E-state index in [0.717, 1.165) is 5.56 Å². The van der Waals surface area contributed by atoms with Gasteiger partial charge in [-0.25, -0.2) is 0 Å². The minimum atomic E-state index is -4.02. The molecule has 1 amide bonds. The molecule has 2 aromatic carbocycles. The zero-order chi connectivity index (χ0) is 23.9. The van der Waals surface area contributed by atoms with Gasteiger partial charge in [-0.05, 0) is 25.1 Å². The first-order chi connectivity index (χ1) is 15.1. The van der Waals surface area contributed by atoms with Crippen molar-refractivity contribution in [3.63, 3.8) is 0 Å². The molecule has 0 spiro atoms. The van der Waals surface area contributed by atoms with Crippen LogP contribution in [0.2, 0.25) is 0 Å². The fraction of sp³-hybridized carbons (Fsp3) is 0.381. The lowest BCUT2D eigenvalue weighted by molar-refractivity contribution is 0.0303. The van der Waals surface area contributed by atoms with Crippen LogP contribution >= 0.6 is 0 Å². The number of amides is 1. The Bertz CT molecular complexity index is 1030. The third-order valence-electron chi connectivity index (χ3n) is 4.72. The summed E-state index contributed by atoms with van der Waals surface area (Å²) in [5.74, 6) is 0.902. The topological polar surface area (TPSA) is 138 Å². The van der Waals surface area contributed by atoms with E-state index >= 15 is 0 Å². The second-order valence-corrected chi connectivity index (χ2v) is 8.22. The van der Waals surface area contributed by atoms with Crippen LogP contribution in [0, 0.1) is 6.92 Å². The van der Waals surface area contributed by atoms with Gasteiger partial charge in [-0.1, -0.05) is 17.7 Å². The van der Waals surface area contributed by atoms with E-state index in [0.29, 0.717) is 49.1 Å². The van der Waals surface area contributed by atoms with Gasteiger partial charge in [0.1, 0.15) is 0 Å². The highest BCUT2D eigenvalue weighted by atomic mass is 32.2. The Kier molecular flexibility index (Phi) is 8.70. The molecule has 1 saturated heterocycles. The Morgan fingerprint density at radius 3 is 2.06 bits per heavy atom. The van der Waals surface area contributed by atoms with Crippen LogP contribution < -0.4 is 19.9 Å². The summed E-state index contributed by atoms with van der Waals surface area (Å²) in [5, 5.41) is 0. The molecule has 1 fully saturated rings. The Hall–Kier alpha value is -3.02. The van der Waals surface area contributed by atoms with Gasteiger partial charge >= 0.3 is 0 Å². The summed E-state index contributed by atoms with van der Waals surface area (Å²) in [6.45, 7) is 3.96. The van der Waals surface area contributed by atoms with Crippen LogP contribution in [-0.4, -0.2) is 71.4 Å². The van der Waals surface area contributed by atoms with E-state index < -0.39 is 10.1 Å². The second kappa shape index (κ2) is 11.0. The molecule has 10 nitrogen and oxygen atoms in total. The number of morpholine rings is 1. The van der Waals surface area contributed by atoms with Crippen LogP contribution in [-0.2, 0) is 14.9 Å². The van der Waals surface area contributed by atoms with Crippen molar-refractivity contribution >= 4 is 21.7 Å². The van der Waals surface area contributed by atoms with Crippen molar-refractivity contribution in [1.29, 1.82) is 0 Å². The summed E-state index contributed by atoms with van der Waals surface area (Å²) in [7, 11) is 0.435. The Morgan fingerprint density at radius 1 is 1.03 bits per heavy atom. The quantitative estimate of drug-likeness (QED) is 0.498. The van der Waals surface area contributed by atoms with Crippen molar-refractivity contribution in [3.8, 4) is 17.2 Å². The van der Waals surface area contributed by atoms with Crippen molar-refractivity contribution in [2.75, 3.05) is 53.4 Å². The summed E-state index contributed by atoms with van der Waals surface area (Å²) >= 11 is 0. The lowest BCUT2D eigenvalue weighted by Crippen LogP contribution is -2.41. The predicted octanol–water partition coefficient (Wildman–Crippen LogP) is 2.01. The average Bonchev–Trinajstić information content (AvgIpc) is 2.78. The molecule has 0 aliphatic carbocycles. The van der Waals surface area contributed by atoms with Crippen LogP contribution in [0.25, 0.3) is 0 Å². The highest BCUT2D eigenvalue weighted by Gasteiger charge is 2.26. The Labute approximate surface area is 187 Å². The van der Waals surface area contributed by atoms with E-state index in [-0.39, 0.29) is 16.5 Å². The maximum absolute atomic E-state index is 12.6. The number of nitrogen functional groups attached to an aromatic ring is 1. The maximum atomic E-state index is 12.6. The van der Waals surface area contributed by atoms with Crippen molar-refractivity contribution < 1.29 is 36.7 Å². The number of rotatable bonds is 5. The van der Waals surface area contributed by atoms with E-state index in [1.807, 2.05) is 6.92 Å². The zero-order valence-corrected chi connectivity index (χ0v) is 19.3. The summed E-state index contributed by atoms with van der Waals surface area (Å²) < 4.78 is 50.6. The number of methoxy groups -OCH3 is 3. The SMILES string of the molecule is COc1cc(C(=O)N2CCOCC2)c(N)c(OC)c1OC.Cc1ccc(S(=O)(=O)O)cc1. The molecule has 3 rings (SSSR count). The largest absolute Gasteiger partial charge is 0.493 e. The van der Waals surface area contributed by atoms with Crippen LogP contribution in [0.15, 0.2) is 35.2 Å². The van der Waals surface area contributed by atoms with Gasteiger partial charge in [0.2, 0.25) is 5.75 Å². The van der Waals surface area contributed by atoms with Gasteiger partial charge in [0.15, 0.2) is 11.5 Å². The molecule has 32 heavy (non-hydrogen) atoms. The van der Waals surface area contributed by atoms with Crippen LogP contribution in [0.1, 0.15) is 15.9 Å². The summed E-state index contributed by atoms with van der Waals surface area (Å²) in [4.78, 5) is 14.2. The average molecular weight is 469 g/mol. The van der Waals surface area contributed by atoms with Gasteiger partial charge < -0.3 is 29.6 Å². The smallest absolute Gasteiger partial charge is 0.294 e. The zero-order valence-electron chi connectivity index (χ0n) is 18.5. The maximum Gasteiger partial charge on any atom is 0.294 e. The number of hydrogen-bond donors (Lipinski definition) is 2. The monoisotopic (exact) mass is 468 g/mol. The first kappa shape index (κ1) is 25.2. The van der Waals surface area contributed by atoms with Crippen LogP contribution in [0.4, 0.5) is 5.69 Å². The number of carbonyl (C=O) groups excluding carboxylic acids is 1. The minimum absolute atomic E-state index is 0.0666. The lowest BCUT2D eigenvalue weighted by Gasteiger charge is -2.28. The van der Waals surface area contributed by atoms with E-state index in [2.05, 4.69) is 0 Å². The molecule has 0 bridgehead atoms. The Balaban J connectivity index is 0.000000278. The standard InChI is InChI=1S/C14H20N2O5.C7H8O3S/c1-18-10-8-9(11(15)13(20-3)12(10)19-2)14(17)16-4-6-21-7-5-16;1-6-2-4-7(5-3-6)11(8,9)10/h8H,4-7,15H2,1-3H3;2-5H,1H3,(H,8,9,10). The lowest BCUT2D eigenvalue weighted by atomic mass is 10.1. The first-order valence-electron chi connectivity index (χ1n) is 9.63. The number of aryl methyl sites for hydroxylation is 1. The molecule has 3 N–H and O–H groups in total. The number of nitrogens with two attached hydrogens (primary N) is 1.